The monoisotopic (exact) mass is 315 g/mol. The molecule has 0 unspecified atom stereocenters. The molecule has 1 aliphatic heterocycles. The van der Waals surface area contributed by atoms with E-state index in [-0.39, 0.29) is 5.91 Å². The number of carbonyl (C=O) groups is 1. The van der Waals surface area contributed by atoms with Crippen LogP contribution in [0.5, 0.6) is 0 Å². The standard InChI is InChI=1S/C12H21N5OS2/c1-16-4-6-17(7-5-16)12-15-10(13)9(20-12)11(18)14-3-8-19-2/h3-8,13H2,1-2H3,(H,14,18). The zero-order chi connectivity index (χ0) is 14.5. The number of aromatic nitrogens is 1. The molecule has 0 aromatic carbocycles. The summed E-state index contributed by atoms with van der Waals surface area (Å²) in [5.74, 6) is 1.12. The molecule has 112 valence electrons. The first-order valence-electron chi connectivity index (χ1n) is 6.58. The van der Waals surface area contributed by atoms with Crippen LogP contribution in [0.3, 0.4) is 0 Å². The lowest BCUT2D eigenvalue weighted by molar-refractivity contribution is 0.0961. The van der Waals surface area contributed by atoms with Crippen LogP contribution in [0.1, 0.15) is 9.67 Å². The number of nitrogens with zero attached hydrogens (tertiary/aromatic N) is 3. The Labute approximate surface area is 127 Å². The highest BCUT2D eigenvalue weighted by molar-refractivity contribution is 7.98. The van der Waals surface area contributed by atoms with E-state index < -0.39 is 0 Å². The number of nitrogen functional groups attached to an aromatic ring is 1. The number of nitrogens with two attached hydrogens (primary N) is 1. The summed E-state index contributed by atoms with van der Waals surface area (Å²) in [5, 5.41) is 3.72. The van der Waals surface area contributed by atoms with Crippen LogP contribution in [0.4, 0.5) is 10.9 Å². The summed E-state index contributed by atoms with van der Waals surface area (Å²) in [6, 6.07) is 0. The zero-order valence-electron chi connectivity index (χ0n) is 11.9. The second-order valence-electron chi connectivity index (χ2n) is 4.75. The van der Waals surface area contributed by atoms with Gasteiger partial charge in [0.05, 0.1) is 0 Å². The summed E-state index contributed by atoms with van der Waals surface area (Å²) >= 11 is 3.09. The van der Waals surface area contributed by atoms with Crippen molar-refractivity contribution < 1.29 is 4.79 Å². The second-order valence-corrected chi connectivity index (χ2v) is 6.71. The highest BCUT2D eigenvalue weighted by atomic mass is 32.2. The van der Waals surface area contributed by atoms with Gasteiger partial charge in [-0.05, 0) is 13.3 Å². The summed E-state index contributed by atoms with van der Waals surface area (Å²) in [6.45, 7) is 4.53. The number of thioether (sulfide) groups is 1. The van der Waals surface area contributed by atoms with Crippen molar-refractivity contribution in [2.45, 2.75) is 0 Å². The van der Waals surface area contributed by atoms with E-state index >= 15 is 0 Å². The molecule has 1 fully saturated rings. The fourth-order valence-corrected chi connectivity index (χ4v) is 3.22. The van der Waals surface area contributed by atoms with Crippen LogP contribution in [-0.4, -0.2) is 67.6 Å². The van der Waals surface area contributed by atoms with Crippen molar-refractivity contribution in [3.05, 3.63) is 4.88 Å². The average Bonchev–Trinajstić information content (AvgIpc) is 2.82. The van der Waals surface area contributed by atoms with Crippen molar-refractivity contribution in [3.63, 3.8) is 0 Å². The number of carbonyl (C=O) groups excluding carboxylic acids is 1. The van der Waals surface area contributed by atoms with Gasteiger partial charge in [-0.15, -0.1) is 0 Å². The quantitative estimate of drug-likeness (QED) is 0.774. The molecule has 0 aliphatic carbocycles. The fourth-order valence-electron chi connectivity index (χ4n) is 1.96. The van der Waals surface area contributed by atoms with Crippen LogP contribution in [0.15, 0.2) is 0 Å². The topological polar surface area (TPSA) is 74.5 Å². The molecule has 3 N–H and O–H groups in total. The number of piperazine rings is 1. The van der Waals surface area contributed by atoms with Gasteiger partial charge in [0.25, 0.3) is 5.91 Å². The maximum absolute atomic E-state index is 12.0. The molecule has 1 aromatic rings. The van der Waals surface area contributed by atoms with Gasteiger partial charge in [0, 0.05) is 38.5 Å². The van der Waals surface area contributed by atoms with Gasteiger partial charge in [-0.3, -0.25) is 4.79 Å². The maximum atomic E-state index is 12.0. The van der Waals surface area contributed by atoms with Crippen molar-refractivity contribution in [2.75, 3.05) is 62.4 Å². The van der Waals surface area contributed by atoms with E-state index in [2.05, 4.69) is 27.1 Å². The minimum atomic E-state index is -0.116. The molecule has 0 radical (unpaired) electrons. The number of rotatable bonds is 5. The van der Waals surface area contributed by atoms with Gasteiger partial charge in [0.1, 0.15) is 10.7 Å². The maximum Gasteiger partial charge on any atom is 0.265 e. The molecule has 1 aromatic heterocycles. The molecule has 2 heterocycles. The largest absolute Gasteiger partial charge is 0.382 e. The zero-order valence-corrected chi connectivity index (χ0v) is 13.5. The lowest BCUT2D eigenvalue weighted by Crippen LogP contribution is -2.44. The SMILES string of the molecule is CSCCNC(=O)c1sc(N2CCN(C)CC2)nc1N. The molecule has 0 bridgehead atoms. The molecular formula is C12H21N5OS2. The number of thiazole rings is 1. The minimum absolute atomic E-state index is 0.116. The van der Waals surface area contributed by atoms with Gasteiger partial charge in [-0.25, -0.2) is 4.98 Å². The Balaban J connectivity index is 2.00. The van der Waals surface area contributed by atoms with Gasteiger partial charge < -0.3 is 20.9 Å². The Hall–Kier alpha value is -0.990. The Kier molecular flexibility index (Phi) is 5.50. The van der Waals surface area contributed by atoms with E-state index in [0.29, 0.717) is 17.2 Å². The van der Waals surface area contributed by atoms with Crippen LogP contribution >= 0.6 is 23.1 Å². The Morgan fingerprint density at radius 3 is 2.80 bits per heavy atom. The van der Waals surface area contributed by atoms with Crippen molar-refractivity contribution in [2.24, 2.45) is 0 Å². The number of hydrogen-bond donors (Lipinski definition) is 2. The number of amides is 1. The van der Waals surface area contributed by atoms with Gasteiger partial charge >= 0.3 is 0 Å². The molecule has 8 heteroatoms. The minimum Gasteiger partial charge on any atom is -0.382 e. The summed E-state index contributed by atoms with van der Waals surface area (Å²) in [6.07, 6.45) is 2.01. The molecule has 6 nitrogen and oxygen atoms in total. The normalized spacial score (nSPS) is 16.4. The Morgan fingerprint density at radius 2 is 2.15 bits per heavy atom. The molecule has 1 saturated heterocycles. The first-order valence-corrected chi connectivity index (χ1v) is 8.79. The second kappa shape index (κ2) is 7.14. The van der Waals surface area contributed by atoms with Gasteiger partial charge in [-0.2, -0.15) is 11.8 Å². The first kappa shape index (κ1) is 15.4. The van der Waals surface area contributed by atoms with Gasteiger partial charge in [0.2, 0.25) is 0 Å². The van der Waals surface area contributed by atoms with E-state index in [0.717, 1.165) is 37.1 Å². The predicted molar refractivity (Wildman–Crippen MR) is 87.0 cm³/mol. The molecule has 2 rings (SSSR count). The van der Waals surface area contributed by atoms with Crippen molar-refractivity contribution in [1.82, 2.24) is 15.2 Å². The van der Waals surface area contributed by atoms with Crippen LogP contribution in [0, 0.1) is 0 Å². The third-order valence-corrected chi connectivity index (χ3v) is 4.96. The molecule has 0 spiro atoms. The van der Waals surface area contributed by atoms with Crippen molar-refractivity contribution in [3.8, 4) is 0 Å². The van der Waals surface area contributed by atoms with Crippen molar-refractivity contribution >= 4 is 40.0 Å². The Morgan fingerprint density at radius 1 is 1.45 bits per heavy atom. The van der Waals surface area contributed by atoms with E-state index in [1.807, 2.05) is 6.26 Å². The third-order valence-electron chi connectivity index (χ3n) is 3.21. The van der Waals surface area contributed by atoms with Crippen LogP contribution in [0.25, 0.3) is 0 Å². The van der Waals surface area contributed by atoms with E-state index in [9.17, 15) is 4.79 Å². The van der Waals surface area contributed by atoms with E-state index in [4.69, 9.17) is 5.73 Å². The summed E-state index contributed by atoms with van der Waals surface area (Å²) in [4.78, 5) is 21.4. The summed E-state index contributed by atoms with van der Waals surface area (Å²) in [5.41, 5.74) is 5.88. The lowest BCUT2D eigenvalue weighted by atomic mass is 10.3. The smallest absolute Gasteiger partial charge is 0.265 e. The molecule has 1 aliphatic rings. The lowest BCUT2D eigenvalue weighted by Gasteiger charge is -2.31. The molecular weight excluding hydrogens is 294 g/mol. The molecule has 20 heavy (non-hydrogen) atoms. The summed E-state index contributed by atoms with van der Waals surface area (Å²) in [7, 11) is 2.11. The highest BCUT2D eigenvalue weighted by Crippen LogP contribution is 2.28. The molecule has 0 atom stereocenters. The van der Waals surface area contributed by atoms with E-state index in [1.54, 1.807) is 11.8 Å². The average molecular weight is 315 g/mol. The Bertz CT molecular complexity index is 457. The molecule has 0 saturated carbocycles. The summed E-state index contributed by atoms with van der Waals surface area (Å²) < 4.78 is 0. The first-order chi connectivity index (χ1) is 9.61. The van der Waals surface area contributed by atoms with Gasteiger partial charge in [0.15, 0.2) is 5.13 Å². The predicted octanol–water partition coefficient (Wildman–Crippen LogP) is 0.570. The van der Waals surface area contributed by atoms with Crippen LogP contribution < -0.4 is 16.0 Å². The third kappa shape index (κ3) is 3.77. The number of hydrogen-bond acceptors (Lipinski definition) is 7. The number of likely N-dealkylation sites (N-methyl/N-ethyl adjacent to an activating group) is 1. The highest BCUT2D eigenvalue weighted by Gasteiger charge is 2.21. The molecule has 1 amide bonds. The number of nitrogens with one attached hydrogen (secondary N) is 1. The van der Waals surface area contributed by atoms with Gasteiger partial charge in [-0.1, -0.05) is 11.3 Å². The fraction of sp³-hybridized carbons (Fsp3) is 0.667. The number of anilines is 2. The van der Waals surface area contributed by atoms with E-state index in [1.165, 1.54) is 11.3 Å². The van der Waals surface area contributed by atoms with Crippen LogP contribution in [-0.2, 0) is 0 Å². The van der Waals surface area contributed by atoms with Crippen LogP contribution in [0.2, 0.25) is 0 Å². The van der Waals surface area contributed by atoms with Crippen molar-refractivity contribution in [1.29, 1.82) is 0 Å².